The topological polar surface area (TPSA) is 113 Å². The molecule has 3 N–H and O–H groups in total. The Bertz CT molecular complexity index is 568. The molecule has 9 heteroatoms. The summed E-state index contributed by atoms with van der Waals surface area (Å²) in [5, 5.41) is 12.9. The molecule has 0 aromatic carbocycles. The van der Waals surface area contributed by atoms with Crippen molar-refractivity contribution >= 4 is 33.2 Å². The van der Waals surface area contributed by atoms with Gasteiger partial charge < -0.3 is 10.4 Å². The zero-order valence-electron chi connectivity index (χ0n) is 11.5. The summed E-state index contributed by atoms with van der Waals surface area (Å²) < 4.78 is 26.0. The normalized spacial score (nSPS) is 12.8. The molecule has 0 saturated carbocycles. The predicted octanol–water partition coefficient (Wildman–Crippen LogP) is 0.786. The Hall–Kier alpha value is -1.45. The molecule has 118 valence electrons. The second kappa shape index (κ2) is 8.11. The lowest BCUT2D eigenvalue weighted by Gasteiger charge is -2.13. The fourth-order valence-corrected chi connectivity index (χ4v) is 3.67. The number of carbonyl (C=O) groups excluding carboxylic acids is 1. The molecule has 0 unspecified atom stereocenters. The summed E-state index contributed by atoms with van der Waals surface area (Å²) >= 11 is 1.08. The van der Waals surface area contributed by atoms with Gasteiger partial charge in [-0.25, -0.2) is 17.9 Å². The Balaban J connectivity index is 2.42. The summed E-state index contributed by atoms with van der Waals surface area (Å²) in [6, 6.07) is 2.15. The number of hydrogen-bond donors (Lipinski definition) is 3. The van der Waals surface area contributed by atoms with Gasteiger partial charge in [-0.15, -0.1) is 11.3 Å². The molecule has 1 heterocycles. The summed E-state index contributed by atoms with van der Waals surface area (Å²) in [6.45, 7) is 1.74. The Morgan fingerprint density at radius 2 is 2.14 bits per heavy atom. The summed E-state index contributed by atoms with van der Waals surface area (Å²) in [5.41, 5.74) is 0. The lowest BCUT2D eigenvalue weighted by atomic mass is 10.1. The maximum absolute atomic E-state index is 11.8. The van der Waals surface area contributed by atoms with Crippen LogP contribution in [0.15, 0.2) is 21.7 Å². The Morgan fingerprint density at radius 3 is 2.67 bits per heavy atom. The van der Waals surface area contributed by atoms with Gasteiger partial charge >= 0.3 is 5.97 Å². The summed E-state index contributed by atoms with van der Waals surface area (Å²) in [4.78, 5) is 22.5. The van der Waals surface area contributed by atoms with Gasteiger partial charge in [0.15, 0.2) is 0 Å². The minimum atomic E-state index is -3.60. The summed E-state index contributed by atoms with van der Waals surface area (Å²) in [7, 11) is -3.60. The van der Waals surface area contributed by atoms with Crippen LogP contribution < -0.4 is 10.0 Å². The standard InChI is InChI=1S/C12H18N2O5S2/c1-2-4-9(12(16)17)14-10(15)6-7-13-21(18,19)11-5-3-8-20-11/h3,5,8-9,13H,2,4,6-7H2,1H3,(H,14,15)(H,16,17)/t9-/m1/s1. The van der Waals surface area contributed by atoms with Crippen molar-refractivity contribution in [1.82, 2.24) is 10.0 Å². The van der Waals surface area contributed by atoms with Crippen molar-refractivity contribution in [2.75, 3.05) is 6.54 Å². The minimum absolute atomic E-state index is 0.0788. The third-order valence-electron chi connectivity index (χ3n) is 2.61. The fourth-order valence-electron chi connectivity index (χ4n) is 1.60. The third-order valence-corrected chi connectivity index (χ3v) is 5.47. The smallest absolute Gasteiger partial charge is 0.326 e. The highest BCUT2D eigenvalue weighted by Gasteiger charge is 2.19. The maximum Gasteiger partial charge on any atom is 0.326 e. The van der Waals surface area contributed by atoms with Gasteiger partial charge in [-0.3, -0.25) is 4.79 Å². The Kier molecular flexibility index (Phi) is 6.79. The van der Waals surface area contributed by atoms with Crippen molar-refractivity contribution in [3.8, 4) is 0 Å². The van der Waals surface area contributed by atoms with Crippen LogP contribution in [0.4, 0.5) is 0 Å². The highest BCUT2D eigenvalue weighted by Crippen LogP contribution is 2.14. The zero-order valence-corrected chi connectivity index (χ0v) is 13.2. The maximum atomic E-state index is 11.8. The number of nitrogens with one attached hydrogen (secondary N) is 2. The van der Waals surface area contributed by atoms with Gasteiger partial charge in [-0.2, -0.15) is 0 Å². The number of carboxylic acids is 1. The van der Waals surface area contributed by atoms with E-state index in [1.165, 1.54) is 6.07 Å². The molecule has 1 aromatic heterocycles. The summed E-state index contributed by atoms with van der Waals surface area (Å²) in [5.74, 6) is -1.59. The van der Waals surface area contributed by atoms with Gasteiger partial charge in [-0.1, -0.05) is 19.4 Å². The van der Waals surface area contributed by atoms with Crippen LogP contribution in [0.2, 0.25) is 0 Å². The average Bonchev–Trinajstić information content (AvgIpc) is 2.92. The van der Waals surface area contributed by atoms with Crippen LogP contribution in [-0.2, 0) is 19.6 Å². The first kappa shape index (κ1) is 17.6. The fraction of sp³-hybridized carbons (Fsp3) is 0.500. The van der Waals surface area contributed by atoms with Gasteiger partial charge in [0.25, 0.3) is 0 Å². The molecule has 7 nitrogen and oxygen atoms in total. The Morgan fingerprint density at radius 1 is 1.43 bits per heavy atom. The van der Waals surface area contributed by atoms with Crippen molar-refractivity contribution in [1.29, 1.82) is 0 Å². The molecule has 1 atom stereocenters. The molecule has 1 aromatic rings. The van der Waals surface area contributed by atoms with Crippen LogP contribution >= 0.6 is 11.3 Å². The lowest BCUT2D eigenvalue weighted by Crippen LogP contribution is -2.41. The zero-order chi connectivity index (χ0) is 15.9. The van der Waals surface area contributed by atoms with Crippen molar-refractivity contribution in [3.05, 3.63) is 17.5 Å². The van der Waals surface area contributed by atoms with E-state index in [0.29, 0.717) is 12.8 Å². The van der Waals surface area contributed by atoms with E-state index in [-0.39, 0.29) is 17.2 Å². The number of aliphatic carboxylic acids is 1. The quantitative estimate of drug-likeness (QED) is 0.618. The molecule has 0 saturated heterocycles. The van der Waals surface area contributed by atoms with Crippen molar-refractivity contribution in [3.63, 3.8) is 0 Å². The van der Waals surface area contributed by atoms with Crippen LogP contribution in [0.3, 0.4) is 0 Å². The number of carboxylic acid groups (broad SMARTS) is 1. The van der Waals surface area contributed by atoms with Crippen LogP contribution in [0.1, 0.15) is 26.2 Å². The minimum Gasteiger partial charge on any atom is -0.480 e. The first-order valence-corrected chi connectivity index (χ1v) is 8.78. The van der Waals surface area contributed by atoms with E-state index in [2.05, 4.69) is 10.0 Å². The molecule has 1 amide bonds. The monoisotopic (exact) mass is 334 g/mol. The second-order valence-corrected chi connectivity index (χ2v) is 7.27. The predicted molar refractivity (Wildman–Crippen MR) is 78.6 cm³/mol. The van der Waals surface area contributed by atoms with Crippen LogP contribution in [0, 0.1) is 0 Å². The number of carbonyl (C=O) groups is 2. The van der Waals surface area contributed by atoms with Crippen LogP contribution in [0.25, 0.3) is 0 Å². The highest BCUT2D eigenvalue weighted by molar-refractivity contribution is 7.91. The molecule has 0 fully saturated rings. The van der Waals surface area contributed by atoms with Gasteiger partial charge in [0.05, 0.1) is 0 Å². The van der Waals surface area contributed by atoms with Crippen molar-refractivity contribution in [2.24, 2.45) is 0 Å². The highest BCUT2D eigenvalue weighted by atomic mass is 32.2. The molecule has 0 aliphatic carbocycles. The third kappa shape index (κ3) is 5.82. The van der Waals surface area contributed by atoms with E-state index in [9.17, 15) is 18.0 Å². The van der Waals surface area contributed by atoms with E-state index in [1.807, 2.05) is 6.92 Å². The number of rotatable bonds is 9. The van der Waals surface area contributed by atoms with Crippen LogP contribution in [-0.4, -0.2) is 38.0 Å². The SMILES string of the molecule is CCC[C@@H](NC(=O)CCNS(=O)(=O)c1cccs1)C(=O)O. The first-order valence-electron chi connectivity index (χ1n) is 6.42. The van der Waals surface area contributed by atoms with Crippen molar-refractivity contribution < 1.29 is 23.1 Å². The largest absolute Gasteiger partial charge is 0.480 e. The van der Waals surface area contributed by atoms with E-state index in [1.54, 1.807) is 11.4 Å². The molecular formula is C12H18N2O5S2. The molecule has 0 bridgehead atoms. The molecule has 0 spiro atoms. The molecule has 0 aliphatic rings. The number of amides is 1. The molecular weight excluding hydrogens is 316 g/mol. The average molecular weight is 334 g/mol. The molecule has 0 radical (unpaired) electrons. The molecule has 21 heavy (non-hydrogen) atoms. The van der Waals surface area contributed by atoms with E-state index in [0.717, 1.165) is 11.3 Å². The summed E-state index contributed by atoms with van der Waals surface area (Å²) in [6.07, 6.45) is 0.850. The second-order valence-electron chi connectivity index (χ2n) is 4.33. The van der Waals surface area contributed by atoms with Gasteiger partial charge in [-0.05, 0) is 17.9 Å². The lowest BCUT2D eigenvalue weighted by molar-refractivity contribution is -0.142. The van der Waals surface area contributed by atoms with Crippen molar-refractivity contribution in [2.45, 2.75) is 36.4 Å². The van der Waals surface area contributed by atoms with E-state index in [4.69, 9.17) is 5.11 Å². The van der Waals surface area contributed by atoms with Gasteiger partial charge in [0.2, 0.25) is 15.9 Å². The Labute approximate surface area is 127 Å². The van der Waals surface area contributed by atoms with Gasteiger partial charge in [0.1, 0.15) is 10.3 Å². The number of hydrogen-bond acceptors (Lipinski definition) is 5. The van der Waals surface area contributed by atoms with Crippen LogP contribution in [0.5, 0.6) is 0 Å². The number of thiophene rings is 1. The molecule has 0 aliphatic heterocycles. The first-order chi connectivity index (χ1) is 9.86. The number of sulfonamides is 1. The van der Waals surface area contributed by atoms with Gasteiger partial charge in [0, 0.05) is 13.0 Å². The van der Waals surface area contributed by atoms with E-state index < -0.39 is 27.9 Å². The molecule has 1 rings (SSSR count). The van der Waals surface area contributed by atoms with E-state index >= 15 is 0 Å².